The molecule has 0 amide bonds. The Morgan fingerprint density at radius 3 is 1.65 bits per heavy atom. The van der Waals surface area contributed by atoms with Gasteiger partial charge < -0.3 is 9.47 Å². The van der Waals surface area contributed by atoms with E-state index < -0.39 is 0 Å². The number of hydrogen-bond donors (Lipinski definition) is 0. The minimum Gasteiger partial charge on any atom is -0.310 e. The molecule has 11 aromatic carbocycles. The van der Waals surface area contributed by atoms with Crippen molar-refractivity contribution in [2.45, 2.75) is 0 Å². The summed E-state index contributed by atoms with van der Waals surface area (Å²) < 4.78 is 2.39. The Morgan fingerprint density at radius 1 is 0.258 bits per heavy atom. The molecule has 0 radical (unpaired) electrons. The molecular weight excluding hydrogens is 749 g/mol. The Bertz CT molecular complexity index is 3620. The van der Waals surface area contributed by atoms with Crippen molar-refractivity contribution in [3.05, 3.63) is 243 Å². The van der Waals surface area contributed by atoms with Crippen LogP contribution in [0.1, 0.15) is 0 Å². The molecule has 62 heavy (non-hydrogen) atoms. The molecule has 0 aliphatic rings. The van der Waals surface area contributed by atoms with E-state index in [1.807, 2.05) is 0 Å². The van der Waals surface area contributed by atoms with Crippen LogP contribution >= 0.6 is 0 Å². The highest BCUT2D eigenvalue weighted by molar-refractivity contribution is 6.12. The highest BCUT2D eigenvalue weighted by Crippen LogP contribution is 2.41. The third-order valence-corrected chi connectivity index (χ3v) is 12.6. The van der Waals surface area contributed by atoms with Gasteiger partial charge in [0.15, 0.2) is 0 Å². The molecule has 0 atom stereocenters. The van der Waals surface area contributed by atoms with E-state index in [0.29, 0.717) is 0 Å². The van der Waals surface area contributed by atoms with Crippen LogP contribution in [0.5, 0.6) is 0 Å². The van der Waals surface area contributed by atoms with Crippen LogP contribution in [0.2, 0.25) is 0 Å². The number of para-hydroxylation sites is 2. The Kier molecular flexibility index (Phi) is 8.53. The van der Waals surface area contributed by atoms with Crippen LogP contribution < -0.4 is 4.90 Å². The van der Waals surface area contributed by atoms with E-state index >= 15 is 0 Å². The van der Waals surface area contributed by atoms with Gasteiger partial charge in [-0.2, -0.15) is 0 Å². The van der Waals surface area contributed by atoms with Crippen LogP contribution in [0, 0.1) is 0 Å². The molecule has 12 aromatic rings. The average molecular weight is 789 g/mol. The lowest BCUT2D eigenvalue weighted by Crippen LogP contribution is -2.10. The maximum atomic E-state index is 2.39. The van der Waals surface area contributed by atoms with E-state index in [0.717, 1.165) is 22.7 Å². The summed E-state index contributed by atoms with van der Waals surface area (Å²) in [6, 6.07) is 88.5. The van der Waals surface area contributed by atoms with Gasteiger partial charge in [-0.3, -0.25) is 0 Å². The van der Waals surface area contributed by atoms with Crippen molar-refractivity contribution in [1.29, 1.82) is 0 Å². The van der Waals surface area contributed by atoms with E-state index in [9.17, 15) is 0 Å². The van der Waals surface area contributed by atoms with Gasteiger partial charge in [-0.1, -0.05) is 176 Å². The lowest BCUT2D eigenvalue weighted by Gasteiger charge is -2.26. The molecular formula is C60H40N2. The van der Waals surface area contributed by atoms with Crippen LogP contribution in [-0.4, -0.2) is 4.57 Å². The first kappa shape index (κ1) is 35.7. The molecule has 0 spiro atoms. The van der Waals surface area contributed by atoms with Crippen LogP contribution in [0.4, 0.5) is 17.1 Å². The molecule has 0 aliphatic heterocycles. The number of anilines is 3. The molecule has 0 N–H and O–H groups in total. The lowest BCUT2D eigenvalue weighted by molar-refractivity contribution is 1.18. The molecule has 0 saturated carbocycles. The monoisotopic (exact) mass is 788 g/mol. The summed E-state index contributed by atoms with van der Waals surface area (Å²) in [4.78, 5) is 2.38. The van der Waals surface area contributed by atoms with E-state index in [-0.39, 0.29) is 0 Å². The fourth-order valence-electron chi connectivity index (χ4n) is 9.53. The summed E-state index contributed by atoms with van der Waals surface area (Å²) in [6.07, 6.45) is 0. The highest BCUT2D eigenvalue weighted by Gasteiger charge is 2.17. The van der Waals surface area contributed by atoms with Gasteiger partial charge >= 0.3 is 0 Å². The summed E-state index contributed by atoms with van der Waals surface area (Å²) in [5.74, 6) is 0. The quantitative estimate of drug-likeness (QED) is 0.146. The maximum absolute atomic E-state index is 2.39. The summed E-state index contributed by atoms with van der Waals surface area (Å²) in [7, 11) is 0. The number of rotatable bonds is 7. The van der Waals surface area contributed by atoms with Crippen molar-refractivity contribution in [1.82, 2.24) is 4.57 Å². The highest BCUT2D eigenvalue weighted by atomic mass is 15.1. The zero-order valence-corrected chi connectivity index (χ0v) is 34.0. The van der Waals surface area contributed by atoms with Gasteiger partial charge in [0, 0.05) is 33.5 Å². The van der Waals surface area contributed by atoms with Crippen molar-refractivity contribution in [2.75, 3.05) is 4.90 Å². The third kappa shape index (κ3) is 6.12. The normalized spacial score (nSPS) is 11.5. The minimum absolute atomic E-state index is 1.09. The number of aromatic nitrogens is 1. The van der Waals surface area contributed by atoms with Gasteiger partial charge in [-0.15, -0.1) is 0 Å². The largest absolute Gasteiger partial charge is 0.310 e. The Morgan fingerprint density at radius 2 is 0.823 bits per heavy atom. The number of hydrogen-bond acceptors (Lipinski definition) is 1. The Hall–Kier alpha value is -8.20. The van der Waals surface area contributed by atoms with Crippen molar-refractivity contribution >= 4 is 71.2 Å². The van der Waals surface area contributed by atoms with Crippen LogP contribution in [-0.2, 0) is 0 Å². The zero-order valence-electron chi connectivity index (χ0n) is 34.0. The maximum Gasteiger partial charge on any atom is 0.0547 e. The fraction of sp³-hybridized carbons (Fsp3) is 0. The average Bonchev–Trinajstić information content (AvgIpc) is 3.68. The van der Waals surface area contributed by atoms with Crippen molar-refractivity contribution in [3.8, 4) is 39.1 Å². The van der Waals surface area contributed by atoms with Gasteiger partial charge in [-0.05, 0) is 132 Å². The minimum atomic E-state index is 1.09. The summed E-state index contributed by atoms with van der Waals surface area (Å²) in [6.45, 7) is 0. The predicted octanol–water partition coefficient (Wildman–Crippen LogP) is 16.7. The molecule has 0 aliphatic carbocycles. The van der Waals surface area contributed by atoms with Gasteiger partial charge in [0.25, 0.3) is 0 Å². The van der Waals surface area contributed by atoms with Gasteiger partial charge in [0.1, 0.15) is 0 Å². The second-order valence-electron chi connectivity index (χ2n) is 16.1. The number of fused-ring (bicyclic) bond motifs is 7. The van der Waals surface area contributed by atoms with Crippen LogP contribution in [0.25, 0.3) is 93.2 Å². The van der Waals surface area contributed by atoms with Gasteiger partial charge in [0.2, 0.25) is 0 Å². The van der Waals surface area contributed by atoms with Crippen molar-refractivity contribution < 1.29 is 0 Å². The number of benzene rings is 11. The first-order chi connectivity index (χ1) is 30.7. The van der Waals surface area contributed by atoms with Crippen molar-refractivity contribution in [3.63, 3.8) is 0 Å². The molecule has 290 valence electrons. The smallest absolute Gasteiger partial charge is 0.0547 e. The standard InChI is InChI=1S/C60H40N2/c1-2-16-49(17-3-1)62-59-23-9-8-20-57(59)58-37-31-48(40-60(58)62)42-26-32-50(33-27-42)61(52-18-10-15-46(39-52)47-25-24-41-12-4-5-14-45(41)38-47)51-34-28-44(29-35-51)54-21-11-22-55-53-19-7-6-13-43(53)30-36-56(54)55/h1-40H. The molecule has 0 saturated heterocycles. The SMILES string of the molecule is c1ccc(-n2c3ccccc3c3ccc(-c4ccc(N(c5ccc(-c6cccc7c6ccc6ccccc67)cc5)c5cccc(-c6ccc7ccccc7c6)c5)cc4)cc32)cc1. The summed E-state index contributed by atoms with van der Waals surface area (Å²) >= 11 is 0. The van der Waals surface area contributed by atoms with E-state index in [1.165, 1.54) is 87.5 Å². The molecule has 12 rings (SSSR count). The molecule has 0 bridgehead atoms. The molecule has 1 aromatic heterocycles. The van der Waals surface area contributed by atoms with Gasteiger partial charge in [-0.25, -0.2) is 0 Å². The van der Waals surface area contributed by atoms with Crippen LogP contribution in [0.15, 0.2) is 243 Å². The zero-order chi connectivity index (χ0) is 41.0. The topological polar surface area (TPSA) is 8.17 Å². The molecule has 2 nitrogen and oxygen atoms in total. The molecule has 1 heterocycles. The van der Waals surface area contributed by atoms with E-state index in [4.69, 9.17) is 0 Å². The van der Waals surface area contributed by atoms with E-state index in [1.54, 1.807) is 0 Å². The third-order valence-electron chi connectivity index (χ3n) is 12.6. The van der Waals surface area contributed by atoms with E-state index in [2.05, 4.69) is 252 Å². The second kappa shape index (κ2) is 14.8. The van der Waals surface area contributed by atoms with Crippen molar-refractivity contribution in [2.24, 2.45) is 0 Å². The fourth-order valence-corrected chi connectivity index (χ4v) is 9.53. The predicted molar refractivity (Wildman–Crippen MR) is 264 cm³/mol. The Labute approximate surface area is 360 Å². The summed E-state index contributed by atoms with van der Waals surface area (Å²) in [5.41, 5.74) is 14.0. The lowest BCUT2D eigenvalue weighted by atomic mass is 9.94. The Balaban J connectivity index is 0.960. The second-order valence-corrected chi connectivity index (χ2v) is 16.1. The molecule has 0 fully saturated rings. The first-order valence-corrected chi connectivity index (χ1v) is 21.3. The first-order valence-electron chi connectivity index (χ1n) is 21.3. The molecule has 2 heteroatoms. The van der Waals surface area contributed by atoms with Crippen LogP contribution in [0.3, 0.4) is 0 Å². The number of nitrogens with zero attached hydrogens (tertiary/aromatic N) is 2. The van der Waals surface area contributed by atoms with Gasteiger partial charge in [0.05, 0.1) is 11.0 Å². The molecule has 0 unspecified atom stereocenters. The summed E-state index contributed by atoms with van der Waals surface area (Å²) in [5, 5.41) is 10.1.